The van der Waals surface area contributed by atoms with Crippen molar-refractivity contribution in [3.8, 4) is 0 Å². The Bertz CT molecular complexity index is 294. The molecule has 0 bridgehead atoms. The van der Waals surface area contributed by atoms with Crippen LogP contribution in [0.5, 0.6) is 0 Å². The zero-order valence-electron chi connectivity index (χ0n) is 12.0. The predicted octanol–water partition coefficient (Wildman–Crippen LogP) is 0.975. The lowest BCUT2D eigenvalue weighted by molar-refractivity contribution is -0.121. The second-order valence-electron chi connectivity index (χ2n) is 6.81. The lowest BCUT2D eigenvalue weighted by Crippen LogP contribution is -2.45. The van der Waals surface area contributed by atoms with Gasteiger partial charge in [-0.3, -0.25) is 4.79 Å². The van der Waals surface area contributed by atoms with Gasteiger partial charge in [-0.2, -0.15) is 0 Å². The van der Waals surface area contributed by atoms with Gasteiger partial charge in [0.15, 0.2) is 0 Å². The van der Waals surface area contributed by atoms with Gasteiger partial charge in [-0.1, -0.05) is 0 Å². The number of amides is 1. The summed E-state index contributed by atoms with van der Waals surface area (Å²) < 4.78 is 0. The first kappa shape index (κ1) is 13.8. The van der Waals surface area contributed by atoms with Crippen LogP contribution in [-0.2, 0) is 4.79 Å². The van der Waals surface area contributed by atoms with Gasteiger partial charge in [-0.05, 0) is 59.0 Å². The fourth-order valence-electron chi connectivity index (χ4n) is 2.65. The van der Waals surface area contributed by atoms with Gasteiger partial charge in [0.2, 0.25) is 5.91 Å². The molecular weight excluding hydrogens is 226 g/mol. The average Bonchev–Trinajstić information content (AvgIpc) is 2.97. The van der Waals surface area contributed by atoms with Crippen LogP contribution < -0.4 is 10.6 Å². The Labute approximate surface area is 110 Å². The SMILES string of the molecule is CC(C)(C)NC(=O)CNCC1CCN(C2CC2)C1. The molecule has 1 unspecified atom stereocenters. The van der Waals surface area contributed by atoms with Crippen LogP contribution >= 0.6 is 0 Å². The zero-order chi connectivity index (χ0) is 13.2. The summed E-state index contributed by atoms with van der Waals surface area (Å²) in [5, 5.41) is 6.26. The first-order valence-electron chi connectivity index (χ1n) is 7.20. The molecule has 2 aliphatic rings. The van der Waals surface area contributed by atoms with Gasteiger partial charge in [0, 0.05) is 18.1 Å². The summed E-state index contributed by atoms with van der Waals surface area (Å²) in [4.78, 5) is 14.2. The van der Waals surface area contributed by atoms with Crippen molar-refractivity contribution in [1.29, 1.82) is 0 Å². The summed E-state index contributed by atoms with van der Waals surface area (Å²) >= 11 is 0. The topological polar surface area (TPSA) is 44.4 Å². The van der Waals surface area contributed by atoms with Crippen LogP contribution in [-0.4, -0.2) is 48.6 Å². The molecule has 2 rings (SSSR count). The maximum absolute atomic E-state index is 11.6. The number of likely N-dealkylation sites (tertiary alicyclic amines) is 1. The van der Waals surface area contributed by atoms with E-state index in [-0.39, 0.29) is 11.4 Å². The van der Waals surface area contributed by atoms with Crippen LogP contribution in [0, 0.1) is 5.92 Å². The molecule has 1 aliphatic heterocycles. The second kappa shape index (κ2) is 5.57. The number of carbonyl (C=O) groups is 1. The Kier molecular flexibility index (Phi) is 4.28. The molecular formula is C14H27N3O. The maximum Gasteiger partial charge on any atom is 0.234 e. The molecule has 0 aromatic heterocycles. The van der Waals surface area contributed by atoms with Crippen molar-refractivity contribution in [2.45, 2.75) is 51.6 Å². The molecule has 18 heavy (non-hydrogen) atoms. The van der Waals surface area contributed by atoms with Gasteiger partial charge < -0.3 is 15.5 Å². The summed E-state index contributed by atoms with van der Waals surface area (Å²) in [5.74, 6) is 0.826. The van der Waals surface area contributed by atoms with Crippen molar-refractivity contribution >= 4 is 5.91 Å². The summed E-state index contributed by atoms with van der Waals surface area (Å²) in [6.07, 6.45) is 4.08. The third kappa shape index (κ3) is 4.58. The summed E-state index contributed by atoms with van der Waals surface area (Å²) in [5.41, 5.74) is -0.130. The molecule has 2 fully saturated rings. The molecule has 0 aromatic rings. The van der Waals surface area contributed by atoms with E-state index in [0.717, 1.165) is 18.5 Å². The van der Waals surface area contributed by atoms with E-state index in [0.29, 0.717) is 6.54 Å². The summed E-state index contributed by atoms with van der Waals surface area (Å²) in [6.45, 7) is 9.92. The van der Waals surface area contributed by atoms with E-state index >= 15 is 0 Å². The van der Waals surface area contributed by atoms with Crippen LogP contribution in [0.2, 0.25) is 0 Å². The Morgan fingerprint density at radius 3 is 2.61 bits per heavy atom. The van der Waals surface area contributed by atoms with Crippen molar-refractivity contribution in [3.05, 3.63) is 0 Å². The van der Waals surface area contributed by atoms with Gasteiger partial charge in [0.25, 0.3) is 0 Å². The van der Waals surface area contributed by atoms with Crippen LogP contribution in [0.25, 0.3) is 0 Å². The van der Waals surface area contributed by atoms with E-state index in [1.165, 1.54) is 32.4 Å². The van der Waals surface area contributed by atoms with Gasteiger partial charge in [0.05, 0.1) is 6.54 Å². The highest BCUT2D eigenvalue weighted by Crippen LogP contribution is 2.31. The van der Waals surface area contributed by atoms with Crippen molar-refractivity contribution < 1.29 is 4.79 Å². The number of carbonyl (C=O) groups excluding carboxylic acids is 1. The first-order chi connectivity index (χ1) is 8.44. The van der Waals surface area contributed by atoms with Gasteiger partial charge in [-0.25, -0.2) is 0 Å². The monoisotopic (exact) mass is 253 g/mol. The largest absolute Gasteiger partial charge is 0.350 e. The van der Waals surface area contributed by atoms with E-state index in [2.05, 4.69) is 15.5 Å². The van der Waals surface area contributed by atoms with Crippen LogP contribution in [0.3, 0.4) is 0 Å². The van der Waals surface area contributed by atoms with E-state index in [9.17, 15) is 4.79 Å². The zero-order valence-corrected chi connectivity index (χ0v) is 12.0. The number of nitrogens with one attached hydrogen (secondary N) is 2. The third-order valence-corrected chi connectivity index (χ3v) is 3.61. The number of hydrogen-bond acceptors (Lipinski definition) is 3. The highest BCUT2D eigenvalue weighted by atomic mass is 16.2. The predicted molar refractivity (Wildman–Crippen MR) is 73.5 cm³/mol. The van der Waals surface area contributed by atoms with Crippen LogP contribution in [0.4, 0.5) is 0 Å². The molecule has 0 radical (unpaired) electrons. The Morgan fingerprint density at radius 1 is 1.28 bits per heavy atom. The van der Waals surface area contributed by atoms with Crippen molar-refractivity contribution in [3.63, 3.8) is 0 Å². The number of hydrogen-bond donors (Lipinski definition) is 2. The van der Waals surface area contributed by atoms with E-state index < -0.39 is 0 Å². The third-order valence-electron chi connectivity index (χ3n) is 3.61. The molecule has 1 heterocycles. The first-order valence-corrected chi connectivity index (χ1v) is 7.20. The van der Waals surface area contributed by atoms with E-state index in [1.807, 2.05) is 20.8 Å². The molecule has 4 heteroatoms. The van der Waals surface area contributed by atoms with Crippen molar-refractivity contribution in [2.24, 2.45) is 5.92 Å². The van der Waals surface area contributed by atoms with Gasteiger partial charge in [-0.15, -0.1) is 0 Å². The molecule has 0 aromatic carbocycles. The Balaban J connectivity index is 1.57. The lowest BCUT2D eigenvalue weighted by Gasteiger charge is -2.21. The van der Waals surface area contributed by atoms with Gasteiger partial charge in [0.1, 0.15) is 0 Å². The molecule has 1 saturated heterocycles. The van der Waals surface area contributed by atoms with Crippen LogP contribution in [0.1, 0.15) is 40.0 Å². The van der Waals surface area contributed by atoms with E-state index in [4.69, 9.17) is 0 Å². The molecule has 1 amide bonds. The Morgan fingerprint density at radius 2 is 2.00 bits per heavy atom. The highest BCUT2D eigenvalue weighted by molar-refractivity contribution is 5.78. The summed E-state index contributed by atoms with van der Waals surface area (Å²) in [7, 11) is 0. The minimum atomic E-state index is -0.130. The quantitative estimate of drug-likeness (QED) is 0.767. The standard InChI is InChI=1S/C14H27N3O/c1-14(2,3)16-13(18)9-15-8-11-6-7-17(10-11)12-4-5-12/h11-12,15H,4-10H2,1-3H3,(H,16,18). The van der Waals surface area contributed by atoms with Crippen LogP contribution in [0.15, 0.2) is 0 Å². The molecule has 4 nitrogen and oxygen atoms in total. The van der Waals surface area contributed by atoms with Gasteiger partial charge >= 0.3 is 0 Å². The summed E-state index contributed by atoms with van der Waals surface area (Å²) in [6, 6.07) is 0.888. The normalized spacial score (nSPS) is 25.4. The fourth-order valence-corrected chi connectivity index (χ4v) is 2.65. The molecule has 1 aliphatic carbocycles. The molecule has 104 valence electrons. The van der Waals surface area contributed by atoms with E-state index in [1.54, 1.807) is 0 Å². The number of rotatable bonds is 5. The Hall–Kier alpha value is -0.610. The lowest BCUT2D eigenvalue weighted by atomic mass is 10.1. The minimum absolute atomic E-state index is 0.0968. The molecule has 1 atom stereocenters. The average molecular weight is 253 g/mol. The maximum atomic E-state index is 11.6. The molecule has 2 N–H and O–H groups in total. The molecule has 1 saturated carbocycles. The smallest absolute Gasteiger partial charge is 0.234 e. The minimum Gasteiger partial charge on any atom is -0.350 e. The fraction of sp³-hybridized carbons (Fsp3) is 0.929. The highest BCUT2D eigenvalue weighted by Gasteiger charge is 2.34. The number of nitrogens with zero attached hydrogens (tertiary/aromatic N) is 1. The molecule has 0 spiro atoms. The van der Waals surface area contributed by atoms with Crippen molar-refractivity contribution in [2.75, 3.05) is 26.2 Å². The van der Waals surface area contributed by atoms with Crippen molar-refractivity contribution in [1.82, 2.24) is 15.5 Å². The second-order valence-corrected chi connectivity index (χ2v) is 6.81.